The second kappa shape index (κ2) is 4.04. The van der Waals surface area contributed by atoms with Gasteiger partial charge in [-0.1, -0.05) is 0 Å². The van der Waals surface area contributed by atoms with Gasteiger partial charge in [0.25, 0.3) is 0 Å². The van der Waals surface area contributed by atoms with Gasteiger partial charge in [0.1, 0.15) is 6.67 Å². The minimum absolute atomic E-state index is 0.192. The van der Waals surface area contributed by atoms with Crippen molar-refractivity contribution in [3.05, 3.63) is 33.7 Å². The van der Waals surface area contributed by atoms with Gasteiger partial charge in [-0.05, 0) is 18.6 Å². The monoisotopic (exact) mass is 199 g/mol. The number of alkyl halides is 1. The van der Waals surface area contributed by atoms with Gasteiger partial charge < -0.3 is 10.1 Å². The molecule has 0 bridgehead atoms. The van der Waals surface area contributed by atoms with Gasteiger partial charge in [-0.3, -0.25) is 9.59 Å². The molecule has 0 aliphatic rings. The second-order valence-corrected chi connectivity index (χ2v) is 3.00. The van der Waals surface area contributed by atoms with E-state index < -0.39 is 24.1 Å². The van der Waals surface area contributed by atoms with Crippen molar-refractivity contribution in [1.29, 1.82) is 0 Å². The first-order valence-corrected chi connectivity index (χ1v) is 4.06. The Morgan fingerprint density at radius 1 is 1.64 bits per heavy atom. The summed E-state index contributed by atoms with van der Waals surface area (Å²) in [6.45, 7) is 0.652. The van der Waals surface area contributed by atoms with Crippen LogP contribution in [-0.2, 0) is 11.5 Å². The van der Waals surface area contributed by atoms with Crippen LogP contribution in [0.1, 0.15) is 24.1 Å². The number of carboxylic acids is 1. The molecule has 14 heavy (non-hydrogen) atoms. The van der Waals surface area contributed by atoms with Crippen LogP contribution in [0.4, 0.5) is 4.39 Å². The lowest BCUT2D eigenvalue weighted by atomic mass is 10.1. The highest BCUT2D eigenvalue weighted by atomic mass is 19.1. The molecule has 0 aliphatic heterocycles. The van der Waals surface area contributed by atoms with Crippen molar-refractivity contribution in [3.8, 4) is 0 Å². The third-order valence-corrected chi connectivity index (χ3v) is 1.92. The van der Waals surface area contributed by atoms with Crippen LogP contribution in [0.15, 0.2) is 16.9 Å². The smallest absolute Gasteiger partial charge is 0.312 e. The van der Waals surface area contributed by atoms with Crippen molar-refractivity contribution in [3.63, 3.8) is 0 Å². The highest BCUT2D eigenvalue weighted by molar-refractivity contribution is 5.74. The summed E-state index contributed by atoms with van der Waals surface area (Å²) in [6, 6.07) is 2.46. The summed E-state index contributed by atoms with van der Waals surface area (Å²) in [6.07, 6.45) is 0. The molecule has 76 valence electrons. The highest BCUT2D eigenvalue weighted by Gasteiger charge is 2.15. The van der Waals surface area contributed by atoms with Crippen molar-refractivity contribution in [2.75, 3.05) is 0 Å². The Kier molecular flexibility index (Phi) is 3.01. The predicted octanol–water partition coefficient (Wildman–Crippen LogP) is 1.03. The van der Waals surface area contributed by atoms with Crippen molar-refractivity contribution >= 4 is 5.97 Å². The van der Waals surface area contributed by atoms with Crippen molar-refractivity contribution in [2.45, 2.75) is 19.5 Å². The van der Waals surface area contributed by atoms with E-state index in [0.717, 1.165) is 6.07 Å². The molecule has 5 heteroatoms. The zero-order valence-corrected chi connectivity index (χ0v) is 7.58. The van der Waals surface area contributed by atoms with Crippen LogP contribution in [0.5, 0.6) is 0 Å². The van der Waals surface area contributed by atoms with E-state index in [1.165, 1.54) is 13.0 Å². The first kappa shape index (κ1) is 10.4. The van der Waals surface area contributed by atoms with Gasteiger partial charge >= 0.3 is 5.97 Å². The molecule has 0 fully saturated rings. The number of aromatic nitrogens is 1. The Balaban J connectivity index is 3.15. The number of aliphatic carboxylic acids is 1. The normalized spacial score (nSPS) is 12.4. The van der Waals surface area contributed by atoms with E-state index in [-0.39, 0.29) is 11.3 Å². The summed E-state index contributed by atoms with van der Waals surface area (Å²) in [5.41, 5.74) is -0.0715. The fourth-order valence-electron chi connectivity index (χ4n) is 1.07. The third-order valence-electron chi connectivity index (χ3n) is 1.92. The Morgan fingerprint density at radius 2 is 2.29 bits per heavy atom. The van der Waals surface area contributed by atoms with Crippen molar-refractivity contribution in [1.82, 2.24) is 4.98 Å². The molecule has 1 heterocycles. The van der Waals surface area contributed by atoms with Crippen molar-refractivity contribution < 1.29 is 14.3 Å². The average molecular weight is 199 g/mol. The van der Waals surface area contributed by atoms with E-state index in [0.29, 0.717) is 0 Å². The standard InChI is InChI=1S/C9H10FNO3/c1-5(9(13)14)7-2-6(4-10)3-8(12)11-7/h2-3,5H,4H2,1H3,(H,11,12)(H,13,14). The van der Waals surface area contributed by atoms with E-state index in [4.69, 9.17) is 5.11 Å². The Bertz CT molecular complexity index is 399. The Morgan fingerprint density at radius 3 is 2.79 bits per heavy atom. The number of carboxylic acid groups (broad SMARTS) is 1. The van der Waals surface area contributed by atoms with Gasteiger partial charge in [-0.25, -0.2) is 4.39 Å². The van der Waals surface area contributed by atoms with E-state index >= 15 is 0 Å². The van der Waals surface area contributed by atoms with Crippen LogP contribution in [0.3, 0.4) is 0 Å². The number of rotatable bonds is 3. The van der Waals surface area contributed by atoms with Gasteiger partial charge in [0, 0.05) is 11.8 Å². The zero-order chi connectivity index (χ0) is 10.7. The van der Waals surface area contributed by atoms with Crippen LogP contribution in [0.2, 0.25) is 0 Å². The summed E-state index contributed by atoms with van der Waals surface area (Å²) in [5.74, 6) is -1.90. The molecule has 1 unspecified atom stereocenters. The molecule has 0 aliphatic carbocycles. The van der Waals surface area contributed by atoms with Gasteiger partial charge in [0.2, 0.25) is 5.56 Å². The molecule has 4 nitrogen and oxygen atoms in total. The molecule has 1 aromatic rings. The first-order valence-electron chi connectivity index (χ1n) is 4.06. The largest absolute Gasteiger partial charge is 0.481 e. The number of carbonyl (C=O) groups is 1. The molecule has 0 spiro atoms. The lowest BCUT2D eigenvalue weighted by molar-refractivity contribution is -0.138. The summed E-state index contributed by atoms with van der Waals surface area (Å²) in [7, 11) is 0. The van der Waals surface area contributed by atoms with E-state index in [1.54, 1.807) is 0 Å². The molecule has 1 atom stereocenters. The van der Waals surface area contributed by atoms with Crippen LogP contribution < -0.4 is 5.56 Å². The summed E-state index contributed by atoms with van der Waals surface area (Å²) >= 11 is 0. The van der Waals surface area contributed by atoms with Crippen LogP contribution in [-0.4, -0.2) is 16.1 Å². The number of hydrogen-bond donors (Lipinski definition) is 2. The maximum Gasteiger partial charge on any atom is 0.312 e. The molecule has 1 aromatic heterocycles. The molecular formula is C9H10FNO3. The van der Waals surface area contributed by atoms with Crippen LogP contribution >= 0.6 is 0 Å². The fourth-order valence-corrected chi connectivity index (χ4v) is 1.07. The SMILES string of the molecule is CC(C(=O)O)c1cc(CF)cc(=O)[nH]1. The highest BCUT2D eigenvalue weighted by Crippen LogP contribution is 2.12. The molecule has 0 aromatic carbocycles. The van der Waals surface area contributed by atoms with Crippen LogP contribution in [0.25, 0.3) is 0 Å². The predicted molar refractivity (Wildman–Crippen MR) is 47.9 cm³/mol. The molecule has 0 saturated carbocycles. The molecule has 0 saturated heterocycles. The average Bonchev–Trinajstić information content (AvgIpc) is 2.15. The lowest BCUT2D eigenvalue weighted by Crippen LogP contribution is -2.15. The van der Waals surface area contributed by atoms with Crippen molar-refractivity contribution in [2.24, 2.45) is 0 Å². The number of aromatic amines is 1. The summed E-state index contributed by atoms with van der Waals surface area (Å²) in [5, 5.41) is 8.67. The minimum Gasteiger partial charge on any atom is -0.481 e. The molecule has 2 N–H and O–H groups in total. The zero-order valence-electron chi connectivity index (χ0n) is 7.58. The maximum atomic E-state index is 12.2. The van der Waals surface area contributed by atoms with Gasteiger partial charge in [-0.15, -0.1) is 0 Å². The summed E-state index contributed by atoms with van der Waals surface area (Å²) in [4.78, 5) is 23.9. The van der Waals surface area contributed by atoms with Gasteiger partial charge in [-0.2, -0.15) is 0 Å². The Hall–Kier alpha value is -1.65. The Labute approximate surface area is 79.4 Å². The second-order valence-electron chi connectivity index (χ2n) is 3.00. The third kappa shape index (κ3) is 2.18. The lowest BCUT2D eigenvalue weighted by Gasteiger charge is -2.06. The van der Waals surface area contributed by atoms with E-state index in [9.17, 15) is 14.0 Å². The fraction of sp³-hybridized carbons (Fsp3) is 0.333. The van der Waals surface area contributed by atoms with Crippen LogP contribution in [0, 0.1) is 0 Å². The number of nitrogens with one attached hydrogen (secondary N) is 1. The molecule has 1 rings (SSSR count). The van der Waals surface area contributed by atoms with Gasteiger partial charge in [0.15, 0.2) is 0 Å². The maximum absolute atomic E-state index is 12.2. The number of hydrogen-bond acceptors (Lipinski definition) is 2. The number of H-pyrrole nitrogens is 1. The molecular weight excluding hydrogens is 189 g/mol. The topological polar surface area (TPSA) is 70.2 Å². The number of pyridine rings is 1. The van der Waals surface area contributed by atoms with Gasteiger partial charge in [0.05, 0.1) is 5.92 Å². The first-order chi connectivity index (χ1) is 6.54. The number of halogens is 1. The quantitative estimate of drug-likeness (QED) is 0.763. The van der Waals surface area contributed by atoms with E-state index in [1.807, 2.05) is 0 Å². The summed E-state index contributed by atoms with van der Waals surface area (Å²) < 4.78 is 12.2. The minimum atomic E-state index is -1.06. The molecule has 0 radical (unpaired) electrons. The molecule has 0 amide bonds. The van der Waals surface area contributed by atoms with E-state index in [2.05, 4.69) is 4.98 Å².